The highest BCUT2D eigenvalue weighted by Gasteiger charge is 2.30. The summed E-state index contributed by atoms with van der Waals surface area (Å²) in [4.78, 5) is 14.2. The highest BCUT2D eigenvalue weighted by atomic mass is 35.5. The lowest BCUT2D eigenvalue weighted by Crippen LogP contribution is -2.55. The van der Waals surface area contributed by atoms with Crippen molar-refractivity contribution in [1.29, 1.82) is 0 Å². The Morgan fingerprint density at radius 1 is 1.29 bits per heavy atom. The lowest BCUT2D eigenvalue weighted by Gasteiger charge is -2.37. The van der Waals surface area contributed by atoms with Gasteiger partial charge in [0, 0.05) is 19.6 Å². The number of hydrogen-bond acceptors (Lipinski definition) is 3. The number of nitrogens with one attached hydrogen (secondary N) is 1. The van der Waals surface area contributed by atoms with E-state index in [0.29, 0.717) is 18.4 Å². The lowest BCUT2D eigenvalue weighted by molar-refractivity contribution is -0.139. The van der Waals surface area contributed by atoms with Gasteiger partial charge in [0.05, 0.1) is 13.2 Å². The highest BCUT2D eigenvalue weighted by Crippen LogP contribution is 2.21. The van der Waals surface area contributed by atoms with Crippen LogP contribution in [0.4, 0.5) is 0 Å². The zero-order valence-electron chi connectivity index (χ0n) is 10.6. The molecule has 0 spiro atoms. The molecule has 2 rings (SSSR count). The Bertz CT molecular complexity index is 247. The van der Waals surface area contributed by atoms with Gasteiger partial charge in [-0.1, -0.05) is 13.8 Å². The SMILES string of the molecule is CC1CC(C)CN(C(=O)C2COCCN2)C1.Cl. The summed E-state index contributed by atoms with van der Waals surface area (Å²) >= 11 is 0. The van der Waals surface area contributed by atoms with Crippen LogP contribution in [0.1, 0.15) is 20.3 Å². The molecule has 0 saturated carbocycles. The first-order valence-electron chi connectivity index (χ1n) is 6.26. The monoisotopic (exact) mass is 262 g/mol. The fourth-order valence-electron chi connectivity index (χ4n) is 2.79. The minimum Gasteiger partial charge on any atom is -0.378 e. The van der Waals surface area contributed by atoms with Gasteiger partial charge in [-0.2, -0.15) is 0 Å². The molecular formula is C12H23ClN2O2. The van der Waals surface area contributed by atoms with Gasteiger partial charge in [-0.05, 0) is 18.3 Å². The molecular weight excluding hydrogens is 240 g/mol. The van der Waals surface area contributed by atoms with Gasteiger partial charge in [-0.25, -0.2) is 0 Å². The van der Waals surface area contributed by atoms with Crippen LogP contribution in [0.5, 0.6) is 0 Å². The minimum atomic E-state index is -0.119. The quantitative estimate of drug-likeness (QED) is 0.764. The number of carbonyl (C=O) groups is 1. The van der Waals surface area contributed by atoms with Crippen molar-refractivity contribution in [3.05, 3.63) is 0 Å². The van der Waals surface area contributed by atoms with E-state index in [9.17, 15) is 4.79 Å². The predicted octanol–water partition coefficient (Wildman–Crippen LogP) is 0.901. The van der Waals surface area contributed by atoms with Crippen LogP contribution >= 0.6 is 12.4 Å². The van der Waals surface area contributed by atoms with E-state index < -0.39 is 0 Å². The first kappa shape index (κ1) is 14.7. The van der Waals surface area contributed by atoms with Gasteiger partial charge in [0.15, 0.2) is 0 Å². The maximum Gasteiger partial charge on any atom is 0.242 e. The Kier molecular flexibility index (Phi) is 5.70. The number of halogens is 1. The van der Waals surface area contributed by atoms with Crippen LogP contribution in [0.25, 0.3) is 0 Å². The van der Waals surface area contributed by atoms with Gasteiger partial charge in [0.25, 0.3) is 0 Å². The van der Waals surface area contributed by atoms with Crippen LogP contribution in [0.3, 0.4) is 0 Å². The fourth-order valence-corrected chi connectivity index (χ4v) is 2.79. The zero-order valence-corrected chi connectivity index (χ0v) is 11.5. The van der Waals surface area contributed by atoms with Crippen molar-refractivity contribution in [2.24, 2.45) is 11.8 Å². The Hall–Kier alpha value is -0.320. The van der Waals surface area contributed by atoms with Gasteiger partial charge in [0.2, 0.25) is 5.91 Å². The third-order valence-electron chi connectivity index (χ3n) is 3.40. The summed E-state index contributed by atoms with van der Waals surface area (Å²) < 4.78 is 5.34. The summed E-state index contributed by atoms with van der Waals surface area (Å²) in [6.07, 6.45) is 1.23. The molecule has 2 saturated heterocycles. The van der Waals surface area contributed by atoms with Crippen LogP contribution in [0.15, 0.2) is 0 Å². The lowest BCUT2D eigenvalue weighted by atomic mass is 9.91. The van der Waals surface area contributed by atoms with Crippen molar-refractivity contribution in [2.45, 2.75) is 26.3 Å². The number of amides is 1. The van der Waals surface area contributed by atoms with Gasteiger partial charge >= 0.3 is 0 Å². The molecule has 1 N–H and O–H groups in total. The first-order valence-corrected chi connectivity index (χ1v) is 6.26. The van der Waals surface area contributed by atoms with E-state index in [1.54, 1.807) is 0 Å². The Labute approximate surface area is 109 Å². The highest BCUT2D eigenvalue weighted by molar-refractivity contribution is 5.85. The number of nitrogens with zero attached hydrogens (tertiary/aromatic N) is 1. The summed E-state index contributed by atoms with van der Waals surface area (Å²) in [5, 5.41) is 3.23. The van der Waals surface area contributed by atoms with Crippen LogP contribution in [0, 0.1) is 11.8 Å². The number of morpholine rings is 1. The van der Waals surface area contributed by atoms with E-state index in [2.05, 4.69) is 19.2 Å². The normalized spacial score (nSPS) is 34.0. The van der Waals surface area contributed by atoms with E-state index in [1.165, 1.54) is 6.42 Å². The van der Waals surface area contributed by atoms with Crippen molar-refractivity contribution < 1.29 is 9.53 Å². The standard InChI is InChI=1S/C12H22N2O2.ClH/c1-9-5-10(2)7-14(6-9)12(15)11-8-16-4-3-13-11;/h9-11,13H,3-8H2,1-2H3;1H. The van der Waals surface area contributed by atoms with Crippen LogP contribution in [-0.2, 0) is 9.53 Å². The topological polar surface area (TPSA) is 41.6 Å². The van der Waals surface area contributed by atoms with Gasteiger partial charge in [-0.3, -0.25) is 4.79 Å². The maximum atomic E-state index is 12.2. The molecule has 0 bridgehead atoms. The largest absolute Gasteiger partial charge is 0.378 e. The van der Waals surface area contributed by atoms with E-state index >= 15 is 0 Å². The second-order valence-electron chi connectivity index (χ2n) is 5.27. The third kappa shape index (κ3) is 3.83. The summed E-state index contributed by atoms with van der Waals surface area (Å²) in [7, 11) is 0. The molecule has 2 fully saturated rings. The number of likely N-dealkylation sites (tertiary alicyclic amines) is 1. The molecule has 100 valence electrons. The van der Waals surface area contributed by atoms with E-state index in [4.69, 9.17) is 4.74 Å². The molecule has 17 heavy (non-hydrogen) atoms. The Morgan fingerprint density at radius 2 is 1.94 bits per heavy atom. The molecule has 5 heteroatoms. The number of rotatable bonds is 1. The second-order valence-corrected chi connectivity index (χ2v) is 5.27. The van der Waals surface area contributed by atoms with Crippen LogP contribution in [0.2, 0.25) is 0 Å². The van der Waals surface area contributed by atoms with E-state index in [0.717, 1.165) is 26.2 Å². The molecule has 0 aromatic heterocycles. The molecule has 4 nitrogen and oxygen atoms in total. The Morgan fingerprint density at radius 3 is 2.47 bits per heavy atom. The molecule has 2 heterocycles. The molecule has 2 aliphatic rings. The van der Waals surface area contributed by atoms with Crippen molar-refractivity contribution in [3.8, 4) is 0 Å². The first-order chi connectivity index (χ1) is 7.66. The second kappa shape index (κ2) is 6.57. The summed E-state index contributed by atoms with van der Waals surface area (Å²) in [5.41, 5.74) is 0. The fraction of sp³-hybridized carbons (Fsp3) is 0.917. The summed E-state index contributed by atoms with van der Waals surface area (Å²) in [5.74, 6) is 1.47. The molecule has 1 amide bonds. The van der Waals surface area contributed by atoms with Gasteiger partial charge in [0.1, 0.15) is 6.04 Å². The van der Waals surface area contributed by atoms with Crippen molar-refractivity contribution in [1.82, 2.24) is 10.2 Å². The van der Waals surface area contributed by atoms with E-state index in [-0.39, 0.29) is 24.4 Å². The molecule has 3 atom stereocenters. The average Bonchev–Trinajstić information content (AvgIpc) is 2.28. The maximum absolute atomic E-state index is 12.2. The van der Waals surface area contributed by atoms with Crippen LogP contribution in [-0.4, -0.2) is 49.7 Å². The number of carbonyl (C=O) groups excluding carboxylic acids is 1. The minimum absolute atomic E-state index is 0. The van der Waals surface area contributed by atoms with E-state index in [1.807, 2.05) is 4.90 Å². The molecule has 0 aliphatic carbocycles. The Balaban J connectivity index is 0.00000144. The predicted molar refractivity (Wildman–Crippen MR) is 69.4 cm³/mol. The molecule has 0 radical (unpaired) electrons. The van der Waals surface area contributed by atoms with Crippen LogP contribution < -0.4 is 5.32 Å². The number of ether oxygens (including phenoxy) is 1. The van der Waals surface area contributed by atoms with Crippen molar-refractivity contribution in [2.75, 3.05) is 32.8 Å². The smallest absolute Gasteiger partial charge is 0.242 e. The molecule has 0 aromatic rings. The summed E-state index contributed by atoms with van der Waals surface area (Å²) in [6.45, 7) is 8.29. The summed E-state index contributed by atoms with van der Waals surface area (Å²) in [6, 6.07) is -0.119. The van der Waals surface area contributed by atoms with Gasteiger partial charge in [-0.15, -0.1) is 12.4 Å². The molecule has 0 aromatic carbocycles. The molecule has 3 unspecified atom stereocenters. The van der Waals surface area contributed by atoms with Crippen molar-refractivity contribution in [3.63, 3.8) is 0 Å². The number of hydrogen-bond donors (Lipinski definition) is 1. The van der Waals surface area contributed by atoms with Crippen molar-refractivity contribution >= 4 is 18.3 Å². The van der Waals surface area contributed by atoms with Gasteiger partial charge < -0.3 is 15.0 Å². The zero-order chi connectivity index (χ0) is 11.5. The average molecular weight is 263 g/mol. The molecule has 2 aliphatic heterocycles. The number of piperidine rings is 1. The third-order valence-corrected chi connectivity index (χ3v) is 3.40.